The van der Waals surface area contributed by atoms with Crippen LogP contribution in [0.2, 0.25) is 0 Å². The van der Waals surface area contributed by atoms with Gasteiger partial charge in [-0.2, -0.15) is 0 Å². The molecule has 5 nitrogen and oxygen atoms in total. The zero-order chi connectivity index (χ0) is 24.6. The highest BCUT2D eigenvalue weighted by molar-refractivity contribution is 5.95. The van der Waals surface area contributed by atoms with E-state index < -0.39 is 0 Å². The number of amidine groups is 1. The lowest BCUT2D eigenvalue weighted by Gasteiger charge is -2.25. The van der Waals surface area contributed by atoms with Gasteiger partial charge in [-0.3, -0.25) is 10.2 Å². The molecule has 0 saturated carbocycles. The van der Waals surface area contributed by atoms with E-state index in [1.54, 1.807) is 0 Å². The van der Waals surface area contributed by atoms with Gasteiger partial charge in [0.1, 0.15) is 18.2 Å². The fourth-order valence-corrected chi connectivity index (χ4v) is 4.70. The van der Waals surface area contributed by atoms with Gasteiger partial charge in [0.15, 0.2) is 0 Å². The van der Waals surface area contributed by atoms with E-state index in [2.05, 4.69) is 30.8 Å². The van der Waals surface area contributed by atoms with Crippen molar-refractivity contribution < 1.29 is 9.53 Å². The lowest BCUT2D eigenvalue weighted by atomic mass is 10.0. The Morgan fingerprint density at radius 3 is 2.28 bits per heavy atom. The third-order valence-corrected chi connectivity index (χ3v) is 6.61. The second kappa shape index (κ2) is 12.9. The molecule has 1 aliphatic heterocycles. The average Bonchev–Trinajstić information content (AvgIpc) is 3.18. The topological polar surface area (TPSA) is 79.4 Å². The van der Waals surface area contributed by atoms with Gasteiger partial charge in [-0.25, -0.2) is 0 Å². The van der Waals surface area contributed by atoms with Gasteiger partial charge in [0.05, 0.1) is 6.04 Å². The van der Waals surface area contributed by atoms with Gasteiger partial charge < -0.3 is 15.4 Å². The fraction of sp³-hybridized carbons (Fsp3) is 0.267. The number of nitrogen functional groups attached to an aromatic ring is 1. The smallest absolute Gasteiger partial charge is 0.226 e. The molecule has 3 N–H and O–H groups in total. The summed E-state index contributed by atoms with van der Waals surface area (Å²) in [4.78, 5) is 15.0. The Bertz CT molecular complexity index is 1150. The van der Waals surface area contributed by atoms with Crippen LogP contribution in [-0.2, 0) is 11.2 Å². The number of nitrogens with two attached hydrogens (primary N) is 1. The lowest BCUT2D eigenvalue weighted by molar-refractivity contribution is -0.132. The Morgan fingerprint density at radius 1 is 1.03 bits per heavy atom. The van der Waals surface area contributed by atoms with Crippen LogP contribution in [-0.4, -0.2) is 35.8 Å². The molecule has 188 valence electrons. The number of halogens is 1. The van der Waals surface area contributed by atoms with Crippen molar-refractivity contribution in [2.75, 3.05) is 13.2 Å². The summed E-state index contributed by atoms with van der Waals surface area (Å²) >= 11 is 0. The first-order valence-corrected chi connectivity index (χ1v) is 12.2. The number of benzene rings is 3. The molecular formula is C30H34ClN3O2. The van der Waals surface area contributed by atoms with Gasteiger partial charge in [-0.05, 0) is 54.5 Å². The van der Waals surface area contributed by atoms with Crippen LogP contribution in [0.1, 0.15) is 30.4 Å². The Morgan fingerprint density at radius 2 is 1.67 bits per heavy atom. The first-order chi connectivity index (χ1) is 17.0. The number of aryl methyl sites for hydroxylation is 1. The van der Waals surface area contributed by atoms with Crippen LogP contribution in [0.25, 0.3) is 11.1 Å². The fourth-order valence-electron chi connectivity index (χ4n) is 4.70. The van der Waals surface area contributed by atoms with Crippen LogP contribution in [0.4, 0.5) is 0 Å². The largest absolute Gasteiger partial charge is 0.491 e. The summed E-state index contributed by atoms with van der Waals surface area (Å²) < 4.78 is 6.14. The highest BCUT2D eigenvalue weighted by Crippen LogP contribution is 2.29. The van der Waals surface area contributed by atoms with Crippen molar-refractivity contribution in [1.82, 2.24) is 4.90 Å². The van der Waals surface area contributed by atoms with E-state index in [1.165, 1.54) is 5.56 Å². The SMILES string of the molecule is C=CC[C@@H]1C[C@@H](COc2ccc(-c3ccc(C(=N)N)cc3)cc2)N(CCCc2ccccc2)C1=O.Cl. The van der Waals surface area contributed by atoms with Crippen LogP contribution in [0, 0.1) is 11.3 Å². The third-order valence-electron chi connectivity index (χ3n) is 6.61. The maximum absolute atomic E-state index is 13.0. The molecule has 6 heteroatoms. The number of carbonyl (C=O) groups is 1. The molecule has 0 unspecified atom stereocenters. The molecule has 1 aliphatic rings. The maximum atomic E-state index is 13.0. The molecule has 1 saturated heterocycles. The highest BCUT2D eigenvalue weighted by atomic mass is 35.5. The quantitative estimate of drug-likeness (QED) is 0.195. The Hall–Kier alpha value is -3.57. The molecule has 1 amide bonds. The minimum absolute atomic E-state index is 0. The number of hydrogen-bond donors (Lipinski definition) is 2. The summed E-state index contributed by atoms with van der Waals surface area (Å²) in [6.45, 7) is 5.06. The zero-order valence-electron chi connectivity index (χ0n) is 20.4. The van der Waals surface area contributed by atoms with Crippen LogP contribution < -0.4 is 10.5 Å². The van der Waals surface area contributed by atoms with Crippen molar-refractivity contribution >= 4 is 24.1 Å². The van der Waals surface area contributed by atoms with Crippen LogP contribution in [0.3, 0.4) is 0 Å². The molecule has 0 radical (unpaired) electrons. The van der Waals surface area contributed by atoms with Gasteiger partial charge in [0.2, 0.25) is 5.91 Å². The first-order valence-electron chi connectivity index (χ1n) is 12.2. The maximum Gasteiger partial charge on any atom is 0.226 e. The standard InChI is InChI=1S/C30H33N3O2.ClH/c1-2-7-26-20-27(33(30(26)34)19-6-10-22-8-4-3-5-9-22)21-35-28-17-15-24(16-18-28)23-11-13-25(14-12-23)29(31)32;/h2-5,8-9,11-18,26-27H,1,6-7,10,19-21H2,(H3,31,32);1H/t26-,27+;/m1./s1. The van der Waals surface area contributed by atoms with Gasteiger partial charge >= 0.3 is 0 Å². The number of nitrogens with one attached hydrogen (secondary N) is 1. The number of carbonyl (C=O) groups excluding carboxylic acids is 1. The van der Waals surface area contributed by atoms with E-state index in [4.69, 9.17) is 15.9 Å². The second-order valence-electron chi connectivity index (χ2n) is 9.06. The van der Waals surface area contributed by atoms with Crippen molar-refractivity contribution in [3.05, 3.63) is 103 Å². The molecule has 3 aromatic carbocycles. The Kier molecular flexibility index (Phi) is 9.71. The number of amides is 1. The van der Waals surface area contributed by atoms with E-state index in [9.17, 15) is 4.79 Å². The second-order valence-corrected chi connectivity index (χ2v) is 9.06. The highest BCUT2D eigenvalue weighted by Gasteiger charge is 2.38. The molecule has 0 aromatic heterocycles. The molecule has 0 aliphatic carbocycles. The van der Waals surface area contributed by atoms with Gasteiger partial charge in [0, 0.05) is 18.0 Å². The van der Waals surface area contributed by atoms with E-state index in [0.717, 1.165) is 42.7 Å². The average molecular weight is 504 g/mol. The summed E-state index contributed by atoms with van der Waals surface area (Å²) in [5.41, 5.74) is 9.67. The van der Waals surface area contributed by atoms with E-state index >= 15 is 0 Å². The van der Waals surface area contributed by atoms with E-state index in [-0.39, 0.29) is 36.1 Å². The third kappa shape index (κ3) is 6.76. The van der Waals surface area contributed by atoms with Gasteiger partial charge in [-0.15, -0.1) is 19.0 Å². The zero-order valence-corrected chi connectivity index (χ0v) is 21.3. The predicted molar refractivity (Wildman–Crippen MR) is 149 cm³/mol. The normalized spacial score (nSPS) is 16.9. The molecule has 1 fully saturated rings. The molecule has 0 spiro atoms. The van der Waals surface area contributed by atoms with Crippen molar-refractivity contribution in [1.29, 1.82) is 5.41 Å². The van der Waals surface area contributed by atoms with Gasteiger partial charge in [0.25, 0.3) is 0 Å². The molecule has 36 heavy (non-hydrogen) atoms. The number of ether oxygens (including phenoxy) is 1. The summed E-state index contributed by atoms with van der Waals surface area (Å²) in [5, 5.41) is 7.53. The van der Waals surface area contributed by atoms with Crippen LogP contribution >= 0.6 is 12.4 Å². The Labute approximate surface area is 219 Å². The summed E-state index contributed by atoms with van der Waals surface area (Å²) in [6, 6.07) is 26.1. The van der Waals surface area contributed by atoms with Gasteiger partial charge in [-0.1, -0.05) is 72.8 Å². The van der Waals surface area contributed by atoms with Crippen molar-refractivity contribution in [2.24, 2.45) is 11.7 Å². The number of allylic oxidation sites excluding steroid dienone is 1. The van der Waals surface area contributed by atoms with Crippen LogP contribution in [0.5, 0.6) is 5.75 Å². The predicted octanol–water partition coefficient (Wildman–Crippen LogP) is 5.86. The molecule has 3 aromatic rings. The minimum atomic E-state index is -0.00169. The van der Waals surface area contributed by atoms with E-state index in [0.29, 0.717) is 18.6 Å². The van der Waals surface area contributed by atoms with Crippen molar-refractivity contribution in [3.8, 4) is 16.9 Å². The molecule has 1 heterocycles. The number of hydrogen-bond acceptors (Lipinski definition) is 3. The molecule has 0 bridgehead atoms. The van der Waals surface area contributed by atoms with E-state index in [1.807, 2.05) is 65.6 Å². The lowest BCUT2D eigenvalue weighted by Crippen LogP contribution is -2.38. The molecular weight excluding hydrogens is 470 g/mol. The monoisotopic (exact) mass is 503 g/mol. The summed E-state index contributed by atoms with van der Waals surface area (Å²) in [5.74, 6) is 1.07. The summed E-state index contributed by atoms with van der Waals surface area (Å²) in [7, 11) is 0. The first kappa shape index (κ1) is 27.0. The number of likely N-dealkylation sites (tertiary alicyclic amines) is 1. The minimum Gasteiger partial charge on any atom is -0.491 e. The van der Waals surface area contributed by atoms with Crippen LogP contribution in [0.15, 0.2) is 91.5 Å². The molecule has 2 atom stereocenters. The number of nitrogens with zero attached hydrogens (tertiary/aromatic N) is 1. The number of rotatable bonds is 11. The van der Waals surface area contributed by atoms with Crippen molar-refractivity contribution in [2.45, 2.75) is 31.7 Å². The molecule has 4 rings (SSSR count). The Balaban J connectivity index is 0.00000361. The van der Waals surface area contributed by atoms with Crippen molar-refractivity contribution in [3.63, 3.8) is 0 Å². The summed E-state index contributed by atoms with van der Waals surface area (Å²) in [6.07, 6.45) is 5.25.